The van der Waals surface area contributed by atoms with E-state index in [-0.39, 0.29) is 44.0 Å². The summed E-state index contributed by atoms with van der Waals surface area (Å²) >= 11 is 0. The number of allylic oxidation sites excluding steroid dienone is 1. The number of alkyl halides is 3. The van der Waals surface area contributed by atoms with E-state index < -0.39 is 73.8 Å². The van der Waals surface area contributed by atoms with Gasteiger partial charge in [0.15, 0.2) is 0 Å². The van der Waals surface area contributed by atoms with Gasteiger partial charge in [-0.15, -0.1) is 0 Å². The summed E-state index contributed by atoms with van der Waals surface area (Å²) in [5.74, 6) is -2.94. The zero-order valence-electron chi connectivity index (χ0n) is 31.4. The molecule has 1 saturated heterocycles. The normalized spacial score (nSPS) is 29.0. The lowest BCUT2D eigenvalue weighted by Crippen LogP contribution is -2.62. The average Bonchev–Trinajstić information content (AvgIpc) is 3.56. The molecule has 56 heavy (non-hydrogen) atoms. The molecule has 0 spiro atoms. The molecule has 5 atom stereocenters. The van der Waals surface area contributed by atoms with Gasteiger partial charge in [0.25, 0.3) is 5.91 Å². The number of ether oxygens (including phenoxy) is 1. The molecule has 3 N–H and O–H groups in total. The summed E-state index contributed by atoms with van der Waals surface area (Å²) in [6.07, 6.45) is 1.22. The molecule has 3 aliphatic heterocycles. The van der Waals surface area contributed by atoms with Crippen LogP contribution in [-0.2, 0) is 41.7 Å². The van der Waals surface area contributed by atoms with Gasteiger partial charge in [-0.2, -0.15) is 13.2 Å². The molecule has 3 amide bonds. The van der Waals surface area contributed by atoms with Crippen LogP contribution in [0.4, 0.5) is 23.2 Å². The third kappa shape index (κ3) is 8.30. The predicted molar refractivity (Wildman–Crippen MR) is 201 cm³/mol. The Bertz CT molecular complexity index is 2070. The first-order valence-corrected chi connectivity index (χ1v) is 20.8. The summed E-state index contributed by atoms with van der Waals surface area (Å²) in [5.41, 5.74) is -0.374. The number of anilines is 1. The Labute approximate surface area is 323 Å². The molecule has 2 saturated carbocycles. The highest BCUT2D eigenvalue weighted by atomic mass is 32.2. The number of carbonyl (C=O) groups excluding carboxylic acids is 3. The lowest BCUT2D eigenvalue weighted by Gasteiger charge is -2.33. The van der Waals surface area contributed by atoms with Crippen molar-refractivity contribution in [2.75, 3.05) is 11.9 Å². The fourth-order valence-corrected chi connectivity index (χ4v) is 9.54. The van der Waals surface area contributed by atoms with Crippen molar-refractivity contribution in [1.82, 2.24) is 14.9 Å². The smallest absolute Gasteiger partial charge is 0.416 e. The first-order valence-electron chi connectivity index (χ1n) is 19.3. The standard InChI is InChI=1S/C40H47F4N5O6S/c1-24-17-26-10-7-8-11-31(26)35(45-24)55-30-21-33-34(50)47-39(37(52)48-56(53,54)38(2)15-16-38)14-13-25(22-39)9-5-3-4-6-12-32(36(51)49(33)23-30)46-29-19-27(40(42,43)44)18-28(41)20-29/h7-11,18-20,24,30,32-33,46H,3-6,12-17,21-23H2,1-2H3,(H,47,50)(H,48,52)/b25-9-/t24?,30-,32+,33+,39-/m1/s1. The van der Waals surface area contributed by atoms with Crippen molar-refractivity contribution in [3.8, 4) is 0 Å². The average molecular weight is 802 g/mol. The lowest BCUT2D eigenvalue weighted by molar-refractivity contribution is -0.141. The molecular weight excluding hydrogens is 755 g/mol. The zero-order valence-corrected chi connectivity index (χ0v) is 32.2. The molecule has 302 valence electrons. The summed E-state index contributed by atoms with van der Waals surface area (Å²) in [4.78, 5) is 49.3. The van der Waals surface area contributed by atoms with Crippen LogP contribution in [-0.4, -0.2) is 78.0 Å². The topological polar surface area (TPSA) is 146 Å². The van der Waals surface area contributed by atoms with E-state index in [4.69, 9.17) is 9.73 Å². The van der Waals surface area contributed by atoms with Crippen molar-refractivity contribution in [2.45, 2.75) is 132 Å². The number of nitrogens with one attached hydrogen (secondary N) is 3. The molecule has 3 heterocycles. The summed E-state index contributed by atoms with van der Waals surface area (Å²) in [6.45, 7) is 3.41. The van der Waals surface area contributed by atoms with E-state index in [0.717, 1.165) is 28.8 Å². The number of carbonyl (C=O) groups is 3. The number of hydrogen-bond acceptors (Lipinski definition) is 8. The molecule has 2 aromatic carbocycles. The Balaban J connectivity index is 1.23. The second-order valence-corrected chi connectivity index (χ2v) is 18.4. The molecule has 16 heteroatoms. The quantitative estimate of drug-likeness (QED) is 0.243. The van der Waals surface area contributed by atoms with Crippen molar-refractivity contribution in [3.05, 3.63) is 76.6 Å². The summed E-state index contributed by atoms with van der Waals surface area (Å²) in [7, 11) is -4.05. The number of hydrogen-bond donors (Lipinski definition) is 3. The number of aliphatic imine (C=N–C) groups is 1. The number of sulfonamides is 1. The molecule has 1 unspecified atom stereocenters. The van der Waals surface area contributed by atoms with Crippen LogP contribution in [0.2, 0.25) is 0 Å². The maximum atomic E-state index is 14.7. The molecule has 7 rings (SSSR count). The maximum absolute atomic E-state index is 14.7. The monoisotopic (exact) mass is 801 g/mol. The minimum Gasteiger partial charge on any atom is -0.472 e. The van der Waals surface area contributed by atoms with Gasteiger partial charge in [-0.3, -0.25) is 19.1 Å². The van der Waals surface area contributed by atoms with Crippen LogP contribution in [0.3, 0.4) is 0 Å². The summed E-state index contributed by atoms with van der Waals surface area (Å²) in [6, 6.07) is 7.17. The molecule has 0 radical (unpaired) electrons. The number of benzene rings is 2. The molecule has 2 bridgehead atoms. The number of fused-ring (bicyclic) bond motifs is 4. The third-order valence-electron chi connectivity index (χ3n) is 11.8. The molecule has 11 nitrogen and oxygen atoms in total. The first kappa shape index (κ1) is 39.8. The fraction of sp³-hybridized carbons (Fsp3) is 0.550. The van der Waals surface area contributed by atoms with Crippen LogP contribution in [0.5, 0.6) is 0 Å². The maximum Gasteiger partial charge on any atom is 0.416 e. The van der Waals surface area contributed by atoms with Crippen molar-refractivity contribution < 1.29 is 45.1 Å². The third-order valence-corrected chi connectivity index (χ3v) is 13.9. The van der Waals surface area contributed by atoms with Crippen LogP contribution >= 0.6 is 0 Å². The Morgan fingerprint density at radius 1 is 1.07 bits per heavy atom. The van der Waals surface area contributed by atoms with E-state index in [1.54, 1.807) is 6.92 Å². The van der Waals surface area contributed by atoms with Gasteiger partial charge in [0.05, 0.1) is 22.9 Å². The van der Waals surface area contributed by atoms with Gasteiger partial charge < -0.3 is 20.3 Å². The number of rotatable bonds is 6. The van der Waals surface area contributed by atoms with E-state index in [9.17, 15) is 40.4 Å². The van der Waals surface area contributed by atoms with Crippen LogP contribution in [0.15, 0.2) is 59.1 Å². The first-order chi connectivity index (χ1) is 26.4. The second kappa shape index (κ2) is 15.1. The highest BCUT2D eigenvalue weighted by Crippen LogP contribution is 2.43. The van der Waals surface area contributed by atoms with Gasteiger partial charge in [-0.05, 0) is 95.0 Å². The number of amides is 3. The molecule has 2 aliphatic carbocycles. The van der Waals surface area contributed by atoms with E-state index in [1.165, 1.54) is 4.90 Å². The fourth-order valence-electron chi connectivity index (χ4n) is 8.22. The van der Waals surface area contributed by atoms with Crippen molar-refractivity contribution in [1.29, 1.82) is 0 Å². The van der Waals surface area contributed by atoms with Crippen LogP contribution in [0.25, 0.3) is 0 Å². The Morgan fingerprint density at radius 2 is 1.84 bits per heavy atom. The van der Waals surface area contributed by atoms with Crippen molar-refractivity contribution in [2.24, 2.45) is 4.99 Å². The highest BCUT2D eigenvalue weighted by molar-refractivity contribution is 7.91. The van der Waals surface area contributed by atoms with E-state index in [2.05, 4.69) is 15.4 Å². The Hall–Kier alpha value is -4.47. The number of halogens is 4. The van der Waals surface area contributed by atoms with Crippen molar-refractivity contribution >= 4 is 39.3 Å². The van der Waals surface area contributed by atoms with Gasteiger partial charge >= 0.3 is 6.18 Å². The Kier molecular flexibility index (Phi) is 10.7. The molecular formula is C40H47F4N5O6S. The largest absolute Gasteiger partial charge is 0.472 e. The second-order valence-electron chi connectivity index (χ2n) is 16.2. The minimum atomic E-state index is -4.84. The van der Waals surface area contributed by atoms with Gasteiger partial charge in [-0.1, -0.05) is 42.7 Å². The van der Waals surface area contributed by atoms with Crippen molar-refractivity contribution in [3.63, 3.8) is 0 Å². The van der Waals surface area contributed by atoms with Crippen LogP contribution in [0.1, 0.15) is 101 Å². The number of nitrogens with zero attached hydrogens (tertiary/aromatic N) is 2. The van der Waals surface area contributed by atoms with Crippen LogP contribution < -0.4 is 15.4 Å². The van der Waals surface area contributed by atoms with Gasteiger partial charge in [0.1, 0.15) is 29.5 Å². The highest BCUT2D eigenvalue weighted by Gasteiger charge is 2.55. The van der Waals surface area contributed by atoms with E-state index >= 15 is 0 Å². The van der Waals surface area contributed by atoms with Gasteiger partial charge in [0, 0.05) is 24.1 Å². The molecule has 0 aromatic heterocycles. The van der Waals surface area contributed by atoms with E-state index in [1.807, 2.05) is 37.3 Å². The van der Waals surface area contributed by atoms with Crippen LogP contribution in [0, 0.1) is 5.82 Å². The SMILES string of the molecule is CC1Cc2ccccc2C(O[C@@H]2C[C@H]3C(=O)N[C@]4(C(=O)NS(=O)(=O)C5(C)CC5)CC/C(=C/CCCCC[C@H](Nc5cc(F)cc(C(F)(F)F)c5)C(=O)N3C2)C4)=N1. The molecule has 5 aliphatic rings. The lowest BCUT2D eigenvalue weighted by atomic mass is 9.95. The summed E-state index contributed by atoms with van der Waals surface area (Å²) < 4.78 is 89.7. The zero-order chi connectivity index (χ0) is 40.0. The summed E-state index contributed by atoms with van der Waals surface area (Å²) in [5, 5.41) is 5.74. The Morgan fingerprint density at radius 3 is 2.59 bits per heavy atom. The van der Waals surface area contributed by atoms with E-state index in [0.29, 0.717) is 63.3 Å². The van der Waals surface area contributed by atoms with Gasteiger partial charge in [-0.25, -0.2) is 17.8 Å². The predicted octanol–water partition coefficient (Wildman–Crippen LogP) is 5.93. The van der Waals surface area contributed by atoms with Gasteiger partial charge in [0.2, 0.25) is 27.7 Å². The molecule has 2 aromatic rings. The molecule has 3 fully saturated rings. The minimum absolute atomic E-state index is 0.0190.